The van der Waals surface area contributed by atoms with E-state index in [1.165, 1.54) is 0 Å². The third-order valence-corrected chi connectivity index (χ3v) is 14.5. The monoisotopic (exact) mass is 921 g/mol. The van der Waals surface area contributed by atoms with E-state index in [4.69, 9.17) is 9.84 Å². The summed E-state index contributed by atoms with van der Waals surface area (Å²) in [4.78, 5) is 67.2. The number of fused-ring (bicyclic) bond motifs is 2. The molecule has 3 saturated heterocycles. The third kappa shape index (κ3) is 9.59. The van der Waals surface area contributed by atoms with Gasteiger partial charge in [0.05, 0.1) is 30.3 Å². The maximum Gasteiger partial charge on any atom is 0.355 e. The summed E-state index contributed by atoms with van der Waals surface area (Å²) in [7, 11) is 1.93. The Morgan fingerprint density at radius 1 is 0.912 bits per heavy atom. The quantitative estimate of drug-likeness (QED) is 0.0988. The van der Waals surface area contributed by atoms with E-state index < -0.39 is 5.97 Å². The first-order chi connectivity index (χ1) is 32.7. The molecule has 3 unspecified atom stereocenters. The van der Waals surface area contributed by atoms with Gasteiger partial charge in [-0.25, -0.2) is 9.78 Å². The van der Waals surface area contributed by atoms with Crippen LogP contribution in [-0.2, 0) is 29.6 Å². The SMILES string of the molecule is C=C1CCC(c2nn(C)c3cc(N4CCN(C(=O)CN5C(C)CN(CCCOc6ccc(-c7ccc(N8CCc9cccc(C(C)=O)c9C8)nc7C(=O)O)c(C)c6)CC5C)CC4)ccc23)C(=O)N1. The van der Waals surface area contributed by atoms with Crippen molar-refractivity contribution in [2.45, 2.75) is 77.9 Å². The van der Waals surface area contributed by atoms with E-state index in [9.17, 15) is 24.3 Å². The largest absolute Gasteiger partial charge is 0.494 e. The number of rotatable bonds is 13. The van der Waals surface area contributed by atoms with Crippen molar-refractivity contribution in [3.63, 3.8) is 0 Å². The number of carboxylic acid groups (broad SMARTS) is 1. The Hall–Kier alpha value is -6.58. The molecule has 0 spiro atoms. The lowest BCUT2D eigenvalue weighted by Crippen LogP contribution is -2.60. The molecule has 0 radical (unpaired) electrons. The third-order valence-electron chi connectivity index (χ3n) is 14.5. The molecule has 2 aromatic heterocycles. The van der Waals surface area contributed by atoms with Crippen LogP contribution in [-0.4, -0.2) is 136 Å². The van der Waals surface area contributed by atoms with Gasteiger partial charge < -0.3 is 34.8 Å². The number of nitrogens with one attached hydrogen (secondary N) is 1. The van der Waals surface area contributed by atoms with Crippen molar-refractivity contribution < 1.29 is 29.0 Å². The highest BCUT2D eigenvalue weighted by Gasteiger charge is 2.34. The average Bonchev–Trinajstić information content (AvgIpc) is 3.65. The number of aromatic carboxylic acids is 1. The molecule has 0 saturated carbocycles. The van der Waals surface area contributed by atoms with E-state index in [0.717, 1.165) is 108 Å². The van der Waals surface area contributed by atoms with Gasteiger partial charge in [-0.05, 0) is 118 Å². The van der Waals surface area contributed by atoms with Crippen LogP contribution in [0.4, 0.5) is 11.5 Å². The van der Waals surface area contributed by atoms with Crippen molar-refractivity contribution >= 4 is 46.0 Å². The Kier molecular flexibility index (Phi) is 13.4. The highest BCUT2D eigenvalue weighted by atomic mass is 16.5. The second-order valence-electron chi connectivity index (χ2n) is 19.1. The van der Waals surface area contributed by atoms with Gasteiger partial charge in [-0.3, -0.25) is 24.0 Å². The van der Waals surface area contributed by atoms with Crippen molar-refractivity contribution in [2.24, 2.45) is 7.05 Å². The number of ketones is 1. The number of aromatic nitrogens is 3. The van der Waals surface area contributed by atoms with E-state index in [2.05, 4.69) is 69.7 Å². The van der Waals surface area contributed by atoms with Crippen LogP contribution in [0.5, 0.6) is 5.75 Å². The minimum Gasteiger partial charge on any atom is -0.494 e. The minimum absolute atomic E-state index is 0.0109. The minimum atomic E-state index is -1.10. The number of aryl methyl sites for hydroxylation is 2. The summed E-state index contributed by atoms with van der Waals surface area (Å²) in [6, 6.07) is 22.1. The van der Waals surface area contributed by atoms with Crippen LogP contribution in [0.15, 0.2) is 79.0 Å². The first-order valence-electron chi connectivity index (χ1n) is 24.0. The highest BCUT2D eigenvalue weighted by Crippen LogP contribution is 2.35. The zero-order valence-electron chi connectivity index (χ0n) is 40.0. The summed E-state index contributed by atoms with van der Waals surface area (Å²) in [5.74, 6) is 0.0723. The summed E-state index contributed by atoms with van der Waals surface area (Å²) >= 11 is 0. The van der Waals surface area contributed by atoms with Crippen LogP contribution >= 0.6 is 0 Å². The van der Waals surface area contributed by atoms with Crippen molar-refractivity contribution in [1.82, 2.24) is 34.8 Å². The number of benzene rings is 3. The maximum atomic E-state index is 13.7. The fraction of sp³-hybridized carbons (Fsp3) is 0.434. The highest BCUT2D eigenvalue weighted by molar-refractivity contribution is 5.97. The van der Waals surface area contributed by atoms with Gasteiger partial charge in [0.25, 0.3) is 0 Å². The molecule has 2 N–H and O–H groups in total. The second kappa shape index (κ2) is 19.6. The van der Waals surface area contributed by atoms with E-state index >= 15 is 0 Å². The number of allylic oxidation sites excluding steroid dienone is 1. The molecule has 9 rings (SSSR count). The van der Waals surface area contributed by atoms with Crippen LogP contribution < -0.4 is 19.9 Å². The lowest BCUT2D eigenvalue weighted by molar-refractivity contribution is -0.135. The van der Waals surface area contributed by atoms with Gasteiger partial charge in [0, 0.05) is 106 Å². The Labute approximate surface area is 398 Å². The van der Waals surface area contributed by atoms with Gasteiger partial charge in [-0.2, -0.15) is 5.10 Å². The van der Waals surface area contributed by atoms with Crippen LogP contribution in [0, 0.1) is 6.92 Å². The van der Waals surface area contributed by atoms with Gasteiger partial charge in [-0.15, -0.1) is 0 Å². The lowest BCUT2D eigenvalue weighted by atomic mass is 9.92. The zero-order chi connectivity index (χ0) is 47.8. The summed E-state index contributed by atoms with van der Waals surface area (Å²) in [6.45, 7) is 19.5. The molecule has 15 nitrogen and oxygen atoms in total. The fourth-order valence-electron chi connectivity index (χ4n) is 10.8. The van der Waals surface area contributed by atoms with Crippen molar-refractivity contribution in [1.29, 1.82) is 0 Å². The number of carbonyl (C=O) groups excluding carboxylic acids is 3. The number of pyridine rings is 1. The smallest absolute Gasteiger partial charge is 0.355 e. The Bertz CT molecular complexity index is 2770. The van der Waals surface area contributed by atoms with Gasteiger partial charge in [0.2, 0.25) is 11.8 Å². The molecule has 3 fully saturated rings. The fourth-order valence-corrected chi connectivity index (χ4v) is 10.8. The standard InChI is InChI=1S/C53H63N9O6/c1-33-27-40(13-16-41(33)43-17-18-48(55-51(43)53(66)67)61-21-19-38-9-7-10-42(37(5)63)46(38)31-61)68-26-8-20-58-29-35(3)62(36(4)30-58)32-49(64)60-24-22-59(23-25-60)39-12-15-44-47(28-39)57(6)56-50(44)45-14-11-34(2)54-52(45)65/h7,9-10,12-13,15-18,27-28,35-36,45H,2,8,11,14,19-26,29-32H2,1,3-6H3,(H,54,65)(H,66,67). The van der Waals surface area contributed by atoms with E-state index in [-0.39, 0.29) is 41.3 Å². The molecule has 6 heterocycles. The molecule has 356 valence electrons. The Morgan fingerprint density at radius 2 is 1.68 bits per heavy atom. The van der Waals surface area contributed by atoms with Gasteiger partial charge in [0.1, 0.15) is 11.6 Å². The molecule has 4 aliphatic heterocycles. The Balaban J connectivity index is 0.731. The molecule has 68 heavy (non-hydrogen) atoms. The van der Waals surface area contributed by atoms with E-state index in [1.807, 2.05) is 70.9 Å². The predicted octanol–water partition coefficient (Wildman–Crippen LogP) is 6.43. The molecular formula is C53H63N9O6. The number of ether oxygens (including phenoxy) is 1. The maximum absolute atomic E-state index is 13.7. The molecule has 5 aromatic rings. The summed E-state index contributed by atoms with van der Waals surface area (Å²) in [6.07, 6.45) is 3.05. The predicted molar refractivity (Wildman–Crippen MR) is 264 cm³/mol. The van der Waals surface area contributed by atoms with E-state index in [0.29, 0.717) is 62.7 Å². The first-order valence-corrected chi connectivity index (χ1v) is 24.0. The number of Topliss-reactive ketones (excluding diaryl/α,β-unsaturated/α-hetero) is 1. The molecule has 2 amide bonds. The molecule has 4 aliphatic rings. The topological polar surface area (TPSA) is 157 Å². The van der Waals surface area contributed by atoms with Gasteiger partial charge in [-0.1, -0.05) is 30.8 Å². The Morgan fingerprint density at radius 3 is 2.40 bits per heavy atom. The van der Waals surface area contributed by atoms with Gasteiger partial charge in [0.15, 0.2) is 11.5 Å². The normalized spacial score (nSPS) is 20.4. The molecule has 15 heteroatoms. The number of anilines is 2. The van der Waals surface area contributed by atoms with Crippen LogP contribution in [0.2, 0.25) is 0 Å². The number of hydrogen-bond donors (Lipinski definition) is 2. The van der Waals surface area contributed by atoms with E-state index in [1.54, 1.807) is 6.92 Å². The number of nitrogens with zero attached hydrogens (tertiary/aromatic N) is 8. The number of piperidine rings is 1. The number of hydrogen-bond acceptors (Lipinski definition) is 11. The second-order valence-corrected chi connectivity index (χ2v) is 19.1. The molecular weight excluding hydrogens is 859 g/mol. The van der Waals surface area contributed by atoms with Crippen molar-refractivity contribution in [3.05, 3.63) is 113 Å². The number of piperazine rings is 2. The average molecular weight is 922 g/mol. The van der Waals surface area contributed by atoms with Crippen LogP contribution in [0.3, 0.4) is 0 Å². The summed E-state index contributed by atoms with van der Waals surface area (Å²) in [5.41, 5.74) is 8.69. The number of amides is 2. The molecule has 0 aliphatic carbocycles. The summed E-state index contributed by atoms with van der Waals surface area (Å²) in [5, 5.41) is 18.9. The molecule has 0 bridgehead atoms. The molecule has 3 aromatic carbocycles. The number of carbonyl (C=O) groups is 4. The van der Waals surface area contributed by atoms with Crippen LogP contribution in [0.25, 0.3) is 22.0 Å². The van der Waals surface area contributed by atoms with Gasteiger partial charge >= 0.3 is 5.97 Å². The zero-order valence-corrected chi connectivity index (χ0v) is 40.0. The molecule has 3 atom stereocenters. The van der Waals surface area contributed by atoms with Crippen LogP contribution in [0.1, 0.15) is 89.2 Å². The first kappa shape index (κ1) is 46.5. The lowest BCUT2D eigenvalue weighted by Gasteiger charge is -2.45. The summed E-state index contributed by atoms with van der Waals surface area (Å²) < 4.78 is 8.08. The van der Waals surface area contributed by atoms with Crippen molar-refractivity contribution in [3.8, 4) is 16.9 Å². The number of carboxylic acids is 1. The van der Waals surface area contributed by atoms with Crippen molar-refractivity contribution in [2.75, 3.05) is 75.3 Å².